The Labute approximate surface area is 128 Å². The van der Waals surface area contributed by atoms with Gasteiger partial charge in [-0.15, -0.1) is 0 Å². The van der Waals surface area contributed by atoms with Crippen LogP contribution in [0, 0.1) is 13.8 Å². The van der Waals surface area contributed by atoms with Crippen molar-refractivity contribution in [2.24, 2.45) is 0 Å². The molecule has 0 saturated heterocycles. The predicted octanol–water partition coefficient (Wildman–Crippen LogP) is 3.81. The first-order chi connectivity index (χ1) is 8.97. The standard InChI is InChI=1S/C13H14Br2N2O2/c1-7-8(2)19-12(17-7)6-16-5-9-3-10(14)13(18)11(15)4-9/h3-4,16,18H,5-6H2,1-2H3. The number of oxazole rings is 1. The minimum atomic E-state index is 0.211. The van der Waals surface area contributed by atoms with Crippen molar-refractivity contribution in [3.05, 3.63) is 44.0 Å². The maximum absolute atomic E-state index is 9.63. The summed E-state index contributed by atoms with van der Waals surface area (Å²) in [4.78, 5) is 4.30. The summed E-state index contributed by atoms with van der Waals surface area (Å²) < 4.78 is 6.82. The van der Waals surface area contributed by atoms with Gasteiger partial charge in [-0.25, -0.2) is 4.98 Å². The van der Waals surface area contributed by atoms with Crippen LogP contribution in [0.4, 0.5) is 0 Å². The van der Waals surface area contributed by atoms with Crippen molar-refractivity contribution in [2.75, 3.05) is 0 Å². The lowest BCUT2D eigenvalue weighted by Crippen LogP contribution is -2.13. The van der Waals surface area contributed by atoms with E-state index in [9.17, 15) is 5.11 Å². The third-order valence-electron chi connectivity index (χ3n) is 2.75. The van der Waals surface area contributed by atoms with Crippen molar-refractivity contribution < 1.29 is 9.52 Å². The van der Waals surface area contributed by atoms with Crippen LogP contribution in [0.1, 0.15) is 22.9 Å². The van der Waals surface area contributed by atoms with Gasteiger partial charge in [-0.2, -0.15) is 0 Å². The fourth-order valence-corrected chi connectivity index (χ4v) is 2.93. The number of phenols is 1. The number of aryl methyl sites for hydroxylation is 2. The number of phenolic OH excluding ortho intramolecular Hbond substituents is 1. The highest BCUT2D eigenvalue weighted by molar-refractivity contribution is 9.11. The number of benzene rings is 1. The van der Waals surface area contributed by atoms with E-state index in [1.165, 1.54) is 0 Å². The van der Waals surface area contributed by atoms with Gasteiger partial charge in [0, 0.05) is 6.54 Å². The molecule has 0 bridgehead atoms. The maximum atomic E-state index is 9.63. The molecule has 0 unspecified atom stereocenters. The van der Waals surface area contributed by atoms with E-state index >= 15 is 0 Å². The highest BCUT2D eigenvalue weighted by Gasteiger charge is 2.07. The van der Waals surface area contributed by atoms with E-state index in [1.54, 1.807) is 0 Å². The highest BCUT2D eigenvalue weighted by Crippen LogP contribution is 2.33. The molecule has 0 saturated carbocycles. The number of hydrogen-bond donors (Lipinski definition) is 2. The second kappa shape index (κ2) is 6.07. The Morgan fingerprint density at radius 2 is 1.84 bits per heavy atom. The fourth-order valence-electron chi connectivity index (χ4n) is 1.65. The smallest absolute Gasteiger partial charge is 0.208 e. The van der Waals surface area contributed by atoms with Gasteiger partial charge in [-0.1, -0.05) is 0 Å². The molecule has 0 aliphatic heterocycles. The first kappa shape index (κ1) is 14.6. The van der Waals surface area contributed by atoms with E-state index in [0.29, 0.717) is 27.9 Å². The molecular formula is C13H14Br2N2O2. The first-order valence-corrected chi connectivity index (χ1v) is 7.36. The summed E-state index contributed by atoms with van der Waals surface area (Å²) >= 11 is 6.62. The summed E-state index contributed by atoms with van der Waals surface area (Å²) in [6.07, 6.45) is 0. The summed E-state index contributed by atoms with van der Waals surface area (Å²) in [7, 11) is 0. The zero-order valence-electron chi connectivity index (χ0n) is 10.6. The number of aromatic hydroxyl groups is 1. The van der Waals surface area contributed by atoms with E-state index in [2.05, 4.69) is 42.2 Å². The van der Waals surface area contributed by atoms with Gasteiger partial charge in [-0.05, 0) is 63.4 Å². The summed E-state index contributed by atoms with van der Waals surface area (Å²) in [5.41, 5.74) is 1.98. The SMILES string of the molecule is Cc1nc(CNCc2cc(Br)c(O)c(Br)c2)oc1C. The van der Waals surface area contributed by atoms with Gasteiger partial charge in [0.05, 0.1) is 21.2 Å². The van der Waals surface area contributed by atoms with Gasteiger partial charge in [0.25, 0.3) is 0 Å². The monoisotopic (exact) mass is 388 g/mol. The van der Waals surface area contributed by atoms with E-state index < -0.39 is 0 Å². The largest absolute Gasteiger partial charge is 0.506 e. The number of hydrogen-bond acceptors (Lipinski definition) is 4. The van der Waals surface area contributed by atoms with Gasteiger partial charge < -0.3 is 14.8 Å². The molecule has 2 aromatic rings. The molecule has 19 heavy (non-hydrogen) atoms. The molecule has 0 amide bonds. The second-order valence-corrected chi connectivity index (χ2v) is 5.97. The molecule has 1 aromatic heterocycles. The molecule has 2 N–H and O–H groups in total. The Balaban J connectivity index is 1.96. The zero-order chi connectivity index (χ0) is 14.0. The number of halogens is 2. The number of nitrogens with zero attached hydrogens (tertiary/aromatic N) is 1. The third-order valence-corrected chi connectivity index (χ3v) is 3.96. The van der Waals surface area contributed by atoms with Crippen LogP contribution >= 0.6 is 31.9 Å². The van der Waals surface area contributed by atoms with Crippen LogP contribution in [0.5, 0.6) is 5.75 Å². The molecule has 1 heterocycles. The van der Waals surface area contributed by atoms with Crippen LogP contribution in [0.15, 0.2) is 25.5 Å². The average molecular weight is 390 g/mol. The fraction of sp³-hybridized carbons (Fsp3) is 0.308. The van der Waals surface area contributed by atoms with Gasteiger partial charge in [-0.3, -0.25) is 0 Å². The molecule has 1 aromatic carbocycles. The first-order valence-electron chi connectivity index (χ1n) is 5.78. The lowest BCUT2D eigenvalue weighted by Gasteiger charge is -2.06. The molecule has 0 atom stereocenters. The molecule has 0 radical (unpaired) electrons. The molecule has 4 nitrogen and oxygen atoms in total. The van der Waals surface area contributed by atoms with Gasteiger partial charge >= 0.3 is 0 Å². The van der Waals surface area contributed by atoms with Crippen LogP contribution in [0.25, 0.3) is 0 Å². The number of aromatic nitrogens is 1. The Morgan fingerprint density at radius 1 is 1.21 bits per heavy atom. The van der Waals surface area contributed by atoms with Crippen LogP contribution in [0.2, 0.25) is 0 Å². The Hall–Kier alpha value is -0.850. The molecular weight excluding hydrogens is 376 g/mol. The van der Waals surface area contributed by atoms with Crippen molar-refractivity contribution >= 4 is 31.9 Å². The van der Waals surface area contributed by atoms with Crippen molar-refractivity contribution in [3.63, 3.8) is 0 Å². The summed E-state index contributed by atoms with van der Waals surface area (Å²) in [5.74, 6) is 1.75. The number of nitrogens with one attached hydrogen (secondary N) is 1. The molecule has 6 heteroatoms. The van der Waals surface area contributed by atoms with Crippen LogP contribution in [-0.4, -0.2) is 10.1 Å². The Morgan fingerprint density at radius 3 is 2.37 bits per heavy atom. The maximum Gasteiger partial charge on any atom is 0.208 e. The minimum Gasteiger partial charge on any atom is -0.506 e. The molecule has 0 aliphatic carbocycles. The van der Waals surface area contributed by atoms with E-state index in [-0.39, 0.29) is 5.75 Å². The summed E-state index contributed by atoms with van der Waals surface area (Å²) in [6.45, 7) is 5.07. The van der Waals surface area contributed by atoms with Gasteiger partial charge in [0.2, 0.25) is 5.89 Å². The normalized spacial score (nSPS) is 10.9. The van der Waals surface area contributed by atoms with Crippen LogP contribution in [0.3, 0.4) is 0 Å². The van der Waals surface area contributed by atoms with Crippen molar-refractivity contribution in [2.45, 2.75) is 26.9 Å². The van der Waals surface area contributed by atoms with Gasteiger partial charge in [0.15, 0.2) is 0 Å². The Bertz CT molecular complexity index is 554. The average Bonchev–Trinajstić information content (AvgIpc) is 2.65. The molecule has 102 valence electrons. The van der Waals surface area contributed by atoms with Crippen molar-refractivity contribution in [1.82, 2.24) is 10.3 Å². The lowest BCUT2D eigenvalue weighted by atomic mass is 10.2. The van der Waals surface area contributed by atoms with Crippen LogP contribution < -0.4 is 5.32 Å². The lowest BCUT2D eigenvalue weighted by molar-refractivity contribution is 0.448. The predicted molar refractivity (Wildman–Crippen MR) is 80.0 cm³/mol. The quantitative estimate of drug-likeness (QED) is 0.834. The minimum absolute atomic E-state index is 0.211. The molecule has 2 rings (SSSR count). The van der Waals surface area contributed by atoms with E-state index in [4.69, 9.17) is 4.42 Å². The zero-order valence-corrected chi connectivity index (χ0v) is 13.8. The van der Waals surface area contributed by atoms with Crippen molar-refractivity contribution in [1.29, 1.82) is 0 Å². The highest BCUT2D eigenvalue weighted by atomic mass is 79.9. The van der Waals surface area contributed by atoms with Crippen molar-refractivity contribution in [3.8, 4) is 5.75 Å². The van der Waals surface area contributed by atoms with E-state index in [0.717, 1.165) is 17.0 Å². The molecule has 0 spiro atoms. The van der Waals surface area contributed by atoms with Gasteiger partial charge in [0.1, 0.15) is 11.5 Å². The topological polar surface area (TPSA) is 58.3 Å². The Kier molecular flexibility index (Phi) is 4.65. The molecule has 0 aliphatic rings. The summed E-state index contributed by atoms with van der Waals surface area (Å²) in [6, 6.07) is 3.75. The summed E-state index contributed by atoms with van der Waals surface area (Å²) in [5, 5.41) is 12.9. The second-order valence-electron chi connectivity index (χ2n) is 4.26. The van der Waals surface area contributed by atoms with Crippen LogP contribution in [-0.2, 0) is 13.1 Å². The number of rotatable bonds is 4. The molecule has 0 fully saturated rings. The van der Waals surface area contributed by atoms with E-state index in [1.807, 2.05) is 26.0 Å². The third kappa shape index (κ3) is 3.58.